The molecule has 0 aliphatic carbocycles. The summed E-state index contributed by atoms with van der Waals surface area (Å²) in [6.07, 6.45) is 1.46. The molecule has 80 valence electrons. The van der Waals surface area contributed by atoms with Crippen LogP contribution in [0.2, 0.25) is 0 Å². The number of rotatable bonds is 6. The van der Waals surface area contributed by atoms with Crippen molar-refractivity contribution in [1.82, 2.24) is 5.32 Å². The van der Waals surface area contributed by atoms with E-state index in [2.05, 4.69) is 5.32 Å². The van der Waals surface area contributed by atoms with Gasteiger partial charge in [-0.3, -0.25) is 9.35 Å². The van der Waals surface area contributed by atoms with Gasteiger partial charge >= 0.3 is 0 Å². The van der Waals surface area contributed by atoms with Gasteiger partial charge in [-0.05, 0) is 12.8 Å². The predicted molar refractivity (Wildman–Crippen MR) is 54.7 cm³/mol. The van der Waals surface area contributed by atoms with Crippen LogP contribution in [0.1, 0.15) is 26.2 Å². The molecule has 0 aromatic rings. The van der Waals surface area contributed by atoms with Crippen LogP contribution in [-0.2, 0) is 14.9 Å². The van der Waals surface area contributed by atoms with Crippen molar-refractivity contribution in [3.05, 3.63) is 0 Å². The summed E-state index contributed by atoms with van der Waals surface area (Å²) in [6.45, 7) is 2.18. The molecule has 14 heavy (non-hydrogen) atoms. The van der Waals surface area contributed by atoms with Crippen LogP contribution >= 0.6 is 0 Å². The minimum Gasteiger partial charge on any atom is -0.356 e. The molecule has 5 nitrogen and oxygen atoms in total. The second-order valence-corrected chi connectivity index (χ2v) is 4.31. The minimum atomic E-state index is -3.89. The molecule has 0 atom stereocenters. The molecule has 0 heterocycles. The molecule has 0 bridgehead atoms. The van der Waals surface area contributed by atoms with E-state index in [-0.39, 0.29) is 41.1 Å². The first kappa shape index (κ1) is 16.6. The summed E-state index contributed by atoms with van der Waals surface area (Å²) in [5.41, 5.74) is 0. The molecular formula is C7H15MgNO4S. The smallest absolute Gasteiger partial charge is 0.264 e. The molecule has 2 N–H and O–H groups in total. The fraction of sp³-hybridized carbons (Fsp3) is 0.857. The third-order valence-corrected chi connectivity index (χ3v) is 2.18. The van der Waals surface area contributed by atoms with Crippen LogP contribution in [0.4, 0.5) is 0 Å². The van der Waals surface area contributed by atoms with Crippen molar-refractivity contribution in [3.8, 4) is 0 Å². The molecule has 1 amide bonds. The zero-order valence-corrected chi connectivity index (χ0v) is 10.6. The Morgan fingerprint density at radius 1 is 1.43 bits per heavy atom. The van der Waals surface area contributed by atoms with E-state index in [0.29, 0.717) is 13.0 Å². The molecule has 0 unspecified atom stereocenters. The van der Waals surface area contributed by atoms with E-state index in [1.807, 2.05) is 6.92 Å². The van der Waals surface area contributed by atoms with E-state index in [0.717, 1.165) is 6.42 Å². The molecular weight excluding hydrogens is 218 g/mol. The van der Waals surface area contributed by atoms with E-state index >= 15 is 0 Å². The van der Waals surface area contributed by atoms with E-state index in [4.69, 9.17) is 4.55 Å². The van der Waals surface area contributed by atoms with Crippen molar-refractivity contribution in [2.75, 3.05) is 12.3 Å². The van der Waals surface area contributed by atoms with Crippen molar-refractivity contribution in [2.24, 2.45) is 0 Å². The molecule has 0 aliphatic heterocycles. The summed E-state index contributed by atoms with van der Waals surface area (Å²) in [5.74, 6) is -0.391. The van der Waals surface area contributed by atoms with Crippen LogP contribution < -0.4 is 5.32 Å². The first-order valence-corrected chi connectivity index (χ1v) is 5.78. The fourth-order valence-electron chi connectivity index (χ4n) is 0.798. The summed E-state index contributed by atoms with van der Waals surface area (Å²) < 4.78 is 28.8. The Bertz CT molecular complexity index is 252. The number of carbonyl (C=O) groups is 1. The number of nitrogens with one attached hydrogen (secondary N) is 1. The summed E-state index contributed by atoms with van der Waals surface area (Å²) in [7, 11) is -3.89. The van der Waals surface area contributed by atoms with Crippen LogP contribution in [-0.4, -0.2) is 54.2 Å². The van der Waals surface area contributed by atoms with Crippen LogP contribution in [0.25, 0.3) is 0 Å². The Hall–Kier alpha value is 0.146. The quantitative estimate of drug-likeness (QED) is 0.378. The average molecular weight is 234 g/mol. The van der Waals surface area contributed by atoms with Gasteiger partial charge in [0.15, 0.2) is 0 Å². The highest BCUT2D eigenvalue weighted by Crippen LogP contribution is 1.89. The van der Waals surface area contributed by atoms with Crippen molar-refractivity contribution in [2.45, 2.75) is 26.2 Å². The van der Waals surface area contributed by atoms with Crippen molar-refractivity contribution in [1.29, 1.82) is 0 Å². The van der Waals surface area contributed by atoms with E-state index < -0.39 is 10.1 Å². The van der Waals surface area contributed by atoms with Crippen LogP contribution in [0.5, 0.6) is 0 Å². The van der Waals surface area contributed by atoms with Crippen molar-refractivity contribution < 1.29 is 17.8 Å². The molecule has 0 saturated heterocycles. The zero-order chi connectivity index (χ0) is 10.3. The highest BCUT2D eigenvalue weighted by Gasteiger charge is 2.04. The zero-order valence-electron chi connectivity index (χ0n) is 8.32. The van der Waals surface area contributed by atoms with Gasteiger partial charge in [-0.2, -0.15) is 8.42 Å². The fourth-order valence-corrected chi connectivity index (χ4v) is 1.31. The van der Waals surface area contributed by atoms with Gasteiger partial charge in [0.05, 0.1) is 5.75 Å². The van der Waals surface area contributed by atoms with E-state index in [9.17, 15) is 13.2 Å². The Morgan fingerprint density at radius 3 is 2.43 bits per heavy atom. The van der Waals surface area contributed by atoms with Crippen LogP contribution in [0, 0.1) is 0 Å². The highest BCUT2D eigenvalue weighted by molar-refractivity contribution is 7.85. The van der Waals surface area contributed by atoms with Gasteiger partial charge in [-0.15, -0.1) is 0 Å². The number of amides is 1. The lowest BCUT2D eigenvalue weighted by molar-refractivity contribution is -0.121. The number of hydrogen-bond donors (Lipinski definition) is 2. The minimum absolute atomic E-state index is 0. The van der Waals surface area contributed by atoms with E-state index in [1.54, 1.807) is 0 Å². The number of carbonyl (C=O) groups excluding carboxylic acids is 1. The van der Waals surface area contributed by atoms with Gasteiger partial charge in [-0.1, -0.05) is 6.92 Å². The molecule has 7 heteroatoms. The van der Waals surface area contributed by atoms with Gasteiger partial charge in [0.2, 0.25) is 5.91 Å². The van der Waals surface area contributed by atoms with Gasteiger partial charge in [0, 0.05) is 36.0 Å². The molecule has 0 saturated carbocycles. The summed E-state index contributed by atoms with van der Waals surface area (Å²) in [5, 5.41) is 2.54. The molecule has 0 fully saturated rings. The topological polar surface area (TPSA) is 83.5 Å². The largest absolute Gasteiger partial charge is 0.356 e. The SMILES string of the molecule is CCCC(=O)NCCCS(=O)(=O)O.[Mg]. The maximum absolute atomic E-state index is 10.8. The predicted octanol–water partition coefficient (Wildman–Crippen LogP) is -0.200. The third-order valence-electron chi connectivity index (χ3n) is 1.38. The van der Waals surface area contributed by atoms with E-state index in [1.165, 1.54) is 0 Å². The average Bonchev–Trinajstić information content (AvgIpc) is 1.97. The molecule has 2 radical (unpaired) electrons. The Morgan fingerprint density at radius 2 is 2.00 bits per heavy atom. The van der Waals surface area contributed by atoms with Crippen molar-refractivity contribution in [3.63, 3.8) is 0 Å². The molecule has 0 aromatic heterocycles. The van der Waals surface area contributed by atoms with Gasteiger partial charge < -0.3 is 5.32 Å². The first-order valence-electron chi connectivity index (χ1n) is 4.17. The summed E-state index contributed by atoms with van der Waals surface area (Å²) in [4.78, 5) is 10.8. The Labute approximate surface area is 101 Å². The summed E-state index contributed by atoms with van der Waals surface area (Å²) >= 11 is 0. The van der Waals surface area contributed by atoms with Gasteiger partial charge in [0.25, 0.3) is 10.1 Å². The summed E-state index contributed by atoms with van der Waals surface area (Å²) in [6, 6.07) is 0. The monoisotopic (exact) mass is 233 g/mol. The number of hydrogen-bond acceptors (Lipinski definition) is 3. The highest BCUT2D eigenvalue weighted by atomic mass is 32.2. The third kappa shape index (κ3) is 12.1. The molecule has 0 spiro atoms. The second-order valence-electron chi connectivity index (χ2n) is 2.74. The van der Waals surface area contributed by atoms with Crippen LogP contribution in [0.3, 0.4) is 0 Å². The van der Waals surface area contributed by atoms with Gasteiger partial charge in [-0.25, -0.2) is 0 Å². The standard InChI is InChI=1S/C7H15NO4S.Mg/c1-2-4-7(9)8-5-3-6-13(10,11)12;/h2-6H2,1H3,(H,8,9)(H,10,11,12);. The molecule has 0 aromatic carbocycles. The van der Waals surface area contributed by atoms with Crippen LogP contribution in [0.15, 0.2) is 0 Å². The lowest BCUT2D eigenvalue weighted by Gasteiger charge is -2.02. The Balaban J connectivity index is 0. The van der Waals surface area contributed by atoms with Crippen molar-refractivity contribution >= 4 is 39.1 Å². The normalized spacial score (nSPS) is 10.4. The lowest BCUT2D eigenvalue weighted by Crippen LogP contribution is -2.25. The maximum Gasteiger partial charge on any atom is 0.264 e. The Kier molecular flexibility index (Phi) is 10.0. The lowest BCUT2D eigenvalue weighted by atomic mass is 10.3. The molecule has 0 rings (SSSR count). The van der Waals surface area contributed by atoms with Gasteiger partial charge in [0.1, 0.15) is 0 Å². The second kappa shape index (κ2) is 8.45. The first-order chi connectivity index (χ1) is 5.95. The maximum atomic E-state index is 10.8. The molecule has 0 aliphatic rings.